The molecule has 2 rings (SSSR count). The number of aromatic nitrogens is 1. The zero-order valence-corrected chi connectivity index (χ0v) is 10.2. The van der Waals surface area contributed by atoms with Crippen LogP contribution in [-0.2, 0) is 12.7 Å². The minimum absolute atomic E-state index is 0.209. The molecule has 6 heteroatoms. The maximum Gasteiger partial charge on any atom is 0.416 e. The van der Waals surface area contributed by atoms with E-state index in [-0.39, 0.29) is 6.04 Å². The molecule has 0 spiro atoms. The van der Waals surface area contributed by atoms with Gasteiger partial charge >= 0.3 is 6.18 Å². The summed E-state index contributed by atoms with van der Waals surface area (Å²) in [6.45, 7) is 2.24. The van der Waals surface area contributed by atoms with Crippen LogP contribution in [0.4, 0.5) is 13.2 Å². The number of nitrogens with zero attached hydrogens (tertiary/aromatic N) is 1. The van der Waals surface area contributed by atoms with E-state index in [9.17, 15) is 13.2 Å². The summed E-state index contributed by atoms with van der Waals surface area (Å²) in [4.78, 5) is 0. The van der Waals surface area contributed by atoms with Gasteiger partial charge in [-0.25, -0.2) is 0 Å². The van der Waals surface area contributed by atoms with Crippen molar-refractivity contribution in [3.63, 3.8) is 0 Å². The van der Waals surface area contributed by atoms with Gasteiger partial charge < -0.3 is 9.84 Å². The van der Waals surface area contributed by atoms with Crippen LogP contribution < -0.4 is 5.32 Å². The first-order valence-electron chi connectivity index (χ1n) is 5.76. The molecule has 0 amide bonds. The maximum atomic E-state index is 12.6. The molecule has 0 radical (unpaired) electrons. The van der Waals surface area contributed by atoms with Crippen LogP contribution in [-0.4, -0.2) is 5.16 Å². The predicted octanol–water partition coefficient (Wildman–Crippen LogP) is 3.54. The lowest BCUT2D eigenvalue weighted by Gasteiger charge is -2.15. The number of halogens is 3. The van der Waals surface area contributed by atoms with E-state index in [1.165, 1.54) is 12.3 Å². The molecule has 19 heavy (non-hydrogen) atoms. The minimum Gasteiger partial charge on any atom is -0.364 e. The molecule has 102 valence electrons. The van der Waals surface area contributed by atoms with E-state index >= 15 is 0 Å². The highest BCUT2D eigenvalue weighted by Crippen LogP contribution is 2.30. The summed E-state index contributed by atoms with van der Waals surface area (Å²) in [5, 5.41) is 6.81. The molecule has 0 aliphatic carbocycles. The lowest BCUT2D eigenvalue weighted by Crippen LogP contribution is -2.19. The number of hydrogen-bond donors (Lipinski definition) is 1. The van der Waals surface area contributed by atoms with Crippen LogP contribution in [0.15, 0.2) is 41.1 Å². The van der Waals surface area contributed by atoms with Gasteiger partial charge in [0.25, 0.3) is 0 Å². The number of benzene rings is 1. The van der Waals surface area contributed by atoms with E-state index < -0.39 is 11.7 Å². The average Bonchev–Trinajstić information content (AvgIpc) is 2.88. The minimum atomic E-state index is -4.32. The molecule has 0 aliphatic heterocycles. The molecular formula is C13H13F3N2O. The molecular weight excluding hydrogens is 257 g/mol. The Morgan fingerprint density at radius 2 is 2.11 bits per heavy atom. The first-order chi connectivity index (χ1) is 8.97. The molecule has 1 atom stereocenters. The van der Waals surface area contributed by atoms with E-state index in [1.54, 1.807) is 19.1 Å². The first kappa shape index (κ1) is 13.6. The standard InChI is InChI=1S/C13H13F3N2O/c1-9(17-8-12-5-6-19-18-12)10-3-2-4-11(7-10)13(14,15)16/h2-7,9,17H,8H2,1H3. The second kappa shape index (κ2) is 5.44. The van der Waals surface area contributed by atoms with E-state index in [0.717, 1.165) is 12.1 Å². The summed E-state index contributed by atoms with van der Waals surface area (Å²) < 4.78 is 42.5. The molecule has 3 nitrogen and oxygen atoms in total. The van der Waals surface area contributed by atoms with Crippen LogP contribution in [0.3, 0.4) is 0 Å². The molecule has 0 saturated carbocycles. The normalized spacial score (nSPS) is 13.5. The van der Waals surface area contributed by atoms with E-state index in [2.05, 4.69) is 15.0 Å². The van der Waals surface area contributed by atoms with Crippen LogP contribution in [0.2, 0.25) is 0 Å². The van der Waals surface area contributed by atoms with E-state index in [0.29, 0.717) is 17.8 Å². The Hall–Kier alpha value is -1.82. The monoisotopic (exact) mass is 270 g/mol. The zero-order chi connectivity index (χ0) is 13.9. The van der Waals surface area contributed by atoms with Gasteiger partial charge in [-0.15, -0.1) is 0 Å². The van der Waals surface area contributed by atoms with Crippen LogP contribution in [0.1, 0.15) is 29.8 Å². The zero-order valence-electron chi connectivity index (χ0n) is 10.2. The van der Waals surface area contributed by atoms with Crippen molar-refractivity contribution in [1.82, 2.24) is 10.5 Å². The third-order valence-electron chi connectivity index (χ3n) is 2.79. The summed E-state index contributed by atoms with van der Waals surface area (Å²) in [6.07, 6.45) is -2.87. The maximum absolute atomic E-state index is 12.6. The quantitative estimate of drug-likeness (QED) is 0.923. The van der Waals surface area contributed by atoms with Gasteiger partial charge in [0, 0.05) is 18.7 Å². The smallest absolute Gasteiger partial charge is 0.364 e. The Kier molecular flexibility index (Phi) is 3.90. The molecule has 0 aliphatic rings. The Morgan fingerprint density at radius 3 is 2.74 bits per heavy atom. The Morgan fingerprint density at radius 1 is 1.32 bits per heavy atom. The van der Waals surface area contributed by atoms with Crippen LogP contribution in [0.25, 0.3) is 0 Å². The number of rotatable bonds is 4. The fourth-order valence-electron chi connectivity index (χ4n) is 1.69. The van der Waals surface area contributed by atoms with Crippen LogP contribution in [0.5, 0.6) is 0 Å². The van der Waals surface area contributed by atoms with Gasteiger partial charge in [0.05, 0.1) is 11.3 Å². The van der Waals surface area contributed by atoms with Gasteiger partial charge in [-0.2, -0.15) is 13.2 Å². The van der Waals surface area contributed by atoms with Gasteiger partial charge in [-0.3, -0.25) is 0 Å². The van der Waals surface area contributed by atoms with Crippen molar-refractivity contribution >= 4 is 0 Å². The molecule has 1 N–H and O–H groups in total. The Labute approximate surface area is 108 Å². The van der Waals surface area contributed by atoms with Crippen molar-refractivity contribution in [3.05, 3.63) is 53.4 Å². The van der Waals surface area contributed by atoms with Crippen molar-refractivity contribution in [1.29, 1.82) is 0 Å². The van der Waals surface area contributed by atoms with Gasteiger partial charge in [-0.1, -0.05) is 17.3 Å². The van der Waals surface area contributed by atoms with E-state index in [4.69, 9.17) is 0 Å². The van der Waals surface area contributed by atoms with Crippen molar-refractivity contribution in [2.75, 3.05) is 0 Å². The molecule has 1 heterocycles. The predicted molar refractivity (Wildman–Crippen MR) is 63.2 cm³/mol. The summed E-state index contributed by atoms with van der Waals surface area (Å²) in [7, 11) is 0. The number of alkyl halides is 3. The largest absolute Gasteiger partial charge is 0.416 e. The van der Waals surface area contributed by atoms with Crippen molar-refractivity contribution in [3.8, 4) is 0 Å². The third-order valence-corrected chi connectivity index (χ3v) is 2.79. The van der Waals surface area contributed by atoms with Crippen molar-refractivity contribution in [2.24, 2.45) is 0 Å². The highest BCUT2D eigenvalue weighted by Gasteiger charge is 2.30. The second-order valence-electron chi connectivity index (χ2n) is 4.22. The fourth-order valence-corrected chi connectivity index (χ4v) is 1.69. The highest BCUT2D eigenvalue weighted by atomic mass is 19.4. The van der Waals surface area contributed by atoms with E-state index in [1.807, 2.05) is 0 Å². The van der Waals surface area contributed by atoms with Crippen molar-refractivity contribution < 1.29 is 17.7 Å². The fraction of sp³-hybridized carbons (Fsp3) is 0.308. The highest BCUT2D eigenvalue weighted by molar-refractivity contribution is 5.27. The number of nitrogens with one attached hydrogen (secondary N) is 1. The summed E-state index contributed by atoms with van der Waals surface area (Å²) >= 11 is 0. The topological polar surface area (TPSA) is 38.1 Å². The summed E-state index contributed by atoms with van der Waals surface area (Å²) in [5.41, 5.74) is 0.650. The molecule has 2 aromatic rings. The molecule has 1 aromatic heterocycles. The molecule has 1 aromatic carbocycles. The van der Waals surface area contributed by atoms with Crippen LogP contribution in [0, 0.1) is 0 Å². The second-order valence-corrected chi connectivity index (χ2v) is 4.22. The lowest BCUT2D eigenvalue weighted by atomic mass is 10.0. The van der Waals surface area contributed by atoms with Gasteiger partial charge in [0.1, 0.15) is 6.26 Å². The molecule has 0 saturated heterocycles. The molecule has 1 unspecified atom stereocenters. The van der Waals surface area contributed by atoms with Gasteiger partial charge in [0.2, 0.25) is 0 Å². The number of hydrogen-bond acceptors (Lipinski definition) is 3. The Bertz CT molecular complexity index is 523. The first-order valence-corrected chi connectivity index (χ1v) is 5.76. The summed E-state index contributed by atoms with van der Waals surface area (Å²) in [5.74, 6) is 0. The van der Waals surface area contributed by atoms with Gasteiger partial charge in [-0.05, 0) is 24.6 Å². The van der Waals surface area contributed by atoms with Crippen molar-refractivity contribution in [2.45, 2.75) is 25.7 Å². The average molecular weight is 270 g/mol. The Balaban J connectivity index is 2.04. The molecule has 0 bridgehead atoms. The lowest BCUT2D eigenvalue weighted by molar-refractivity contribution is -0.137. The SMILES string of the molecule is CC(NCc1ccon1)c1cccc(C(F)(F)F)c1. The summed E-state index contributed by atoms with van der Waals surface area (Å²) in [6, 6.07) is 6.78. The van der Waals surface area contributed by atoms with Gasteiger partial charge in [0.15, 0.2) is 0 Å². The van der Waals surface area contributed by atoms with Crippen LogP contribution >= 0.6 is 0 Å². The molecule has 0 fully saturated rings. The third kappa shape index (κ3) is 3.57.